The van der Waals surface area contributed by atoms with E-state index in [2.05, 4.69) is 15.3 Å². The highest BCUT2D eigenvalue weighted by atomic mass is 32.2. The third-order valence-corrected chi connectivity index (χ3v) is 6.02. The largest absolute Gasteiger partial charge is 0.504 e. The summed E-state index contributed by atoms with van der Waals surface area (Å²) in [6.07, 6.45) is 0.520. The third kappa shape index (κ3) is 4.52. The summed E-state index contributed by atoms with van der Waals surface area (Å²) in [6.45, 7) is 1.13. The predicted octanol–water partition coefficient (Wildman–Crippen LogP) is 2.85. The van der Waals surface area contributed by atoms with E-state index in [9.17, 15) is 24.2 Å². The Morgan fingerprint density at radius 1 is 1.16 bits per heavy atom. The van der Waals surface area contributed by atoms with Crippen molar-refractivity contribution < 1.29 is 24.2 Å². The zero-order valence-electron chi connectivity index (χ0n) is 16.9. The van der Waals surface area contributed by atoms with Crippen molar-refractivity contribution in [2.24, 2.45) is 0 Å². The molecule has 0 bridgehead atoms. The molecule has 1 aromatic carbocycles. The molecule has 32 heavy (non-hydrogen) atoms. The van der Waals surface area contributed by atoms with E-state index in [0.717, 1.165) is 0 Å². The molecule has 11 heteroatoms. The summed E-state index contributed by atoms with van der Waals surface area (Å²) in [4.78, 5) is 34.2. The Labute approximate surface area is 187 Å². The van der Waals surface area contributed by atoms with Gasteiger partial charge in [-0.2, -0.15) is 0 Å². The molecule has 4 rings (SSSR count). The van der Waals surface area contributed by atoms with E-state index < -0.39 is 12.0 Å². The molecule has 166 valence electrons. The zero-order valence-corrected chi connectivity index (χ0v) is 17.7. The Balaban J connectivity index is 1.64. The smallest absolute Gasteiger partial charge is 0.407 e. The first-order valence-electron chi connectivity index (χ1n) is 9.82. The van der Waals surface area contributed by atoms with Crippen LogP contribution in [0.25, 0.3) is 10.9 Å². The number of hydrogen-bond donors (Lipinski definition) is 3. The van der Waals surface area contributed by atoms with Crippen LogP contribution in [0.1, 0.15) is 16.1 Å². The molecule has 2 amide bonds. The van der Waals surface area contributed by atoms with E-state index in [-0.39, 0.29) is 35.9 Å². The summed E-state index contributed by atoms with van der Waals surface area (Å²) in [5.41, 5.74) is 0.729. The van der Waals surface area contributed by atoms with E-state index >= 15 is 0 Å². The van der Waals surface area contributed by atoms with Crippen LogP contribution in [0.2, 0.25) is 0 Å². The molecular weight excluding hydrogens is 437 g/mol. The molecule has 0 atom stereocenters. The lowest BCUT2D eigenvalue weighted by atomic mass is 10.2. The van der Waals surface area contributed by atoms with Gasteiger partial charge < -0.3 is 20.4 Å². The maximum Gasteiger partial charge on any atom is 0.407 e. The number of pyridine rings is 2. The molecule has 3 aromatic rings. The number of nitrogens with zero attached hydrogens (tertiary/aromatic N) is 4. The third-order valence-electron chi connectivity index (χ3n) is 4.98. The van der Waals surface area contributed by atoms with Gasteiger partial charge >= 0.3 is 6.09 Å². The number of carboxylic acid groups (broad SMARTS) is 1. The maximum absolute atomic E-state index is 13.1. The van der Waals surface area contributed by atoms with E-state index in [4.69, 9.17) is 0 Å². The average Bonchev–Trinajstić information content (AvgIpc) is 3.05. The maximum atomic E-state index is 13.1. The van der Waals surface area contributed by atoms with Gasteiger partial charge in [0.15, 0.2) is 11.4 Å². The molecule has 1 aliphatic heterocycles. The van der Waals surface area contributed by atoms with Crippen LogP contribution in [0.4, 0.5) is 15.0 Å². The minimum Gasteiger partial charge on any atom is -0.504 e. The molecule has 0 unspecified atom stereocenters. The molecule has 0 saturated carbocycles. The molecule has 0 aliphatic carbocycles. The van der Waals surface area contributed by atoms with Crippen molar-refractivity contribution in [1.82, 2.24) is 20.2 Å². The van der Waals surface area contributed by atoms with E-state index in [1.54, 1.807) is 24.3 Å². The minimum absolute atomic E-state index is 0.127. The highest BCUT2D eigenvalue weighted by Gasteiger charge is 2.25. The number of aromatic nitrogens is 2. The topological polar surface area (TPSA) is 119 Å². The van der Waals surface area contributed by atoms with Gasteiger partial charge in [0.05, 0.1) is 0 Å². The van der Waals surface area contributed by atoms with Gasteiger partial charge in [-0.05, 0) is 41.8 Å². The molecule has 2 aromatic heterocycles. The second-order valence-electron chi connectivity index (χ2n) is 7.05. The summed E-state index contributed by atoms with van der Waals surface area (Å²) in [6, 6.07) is 9.15. The molecule has 9 nitrogen and oxygen atoms in total. The number of carbonyl (C=O) groups excluding carboxylic acids is 1. The molecule has 3 N–H and O–H groups in total. The SMILES string of the molecule is O=C(NCc1ccc(F)cc1)c1nc(N2CCN(C(=O)O)CCS2)c2cccnc2c1O. The molecule has 1 aliphatic rings. The number of nitrogens with one attached hydrogen (secondary N) is 1. The molecule has 1 fully saturated rings. The summed E-state index contributed by atoms with van der Waals surface area (Å²) in [5.74, 6) is -0.375. The summed E-state index contributed by atoms with van der Waals surface area (Å²) < 4.78 is 14.9. The van der Waals surface area contributed by atoms with E-state index in [0.29, 0.717) is 35.6 Å². The lowest BCUT2D eigenvalue weighted by molar-refractivity contribution is 0.0943. The first kappa shape index (κ1) is 21.6. The standard InChI is InChI=1S/C21H20FN5O4S/c22-14-5-3-13(4-6-14)12-24-20(29)17-18(28)16-15(2-1-7-23-16)19(25-17)27-9-8-26(21(30)31)10-11-32-27/h1-7,28H,8-12H2,(H,24,29)(H,30,31). The molecule has 3 heterocycles. The second-order valence-corrected chi connectivity index (χ2v) is 8.15. The summed E-state index contributed by atoms with van der Waals surface area (Å²) in [5, 5.41) is 23.2. The lowest BCUT2D eigenvalue weighted by Gasteiger charge is -2.22. The Morgan fingerprint density at radius 3 is 2.69 bits per heavy atom. The Bertz CT molecular complexity index is 1160. The van der Waals surface area contributed by atoms with E-state index in [1.165, 1.54) is 35.2 Å². The number of carbonyl (C=O) groups is 2. The fourth-order valence-electron chi connectivity index (χ4n) is 3.33. The van der Waals surface area contributed by atoms with Crippen LogP contribution in [-0.2, 0) is 6.54 Å². The minimum atomic E-state index is -0.987. The number of fused-ring (bicyclic) bond motifs is 1. The number of benzene rings is 1. The second kappa shape index (κ2) is 9.27. The van der Waals surface area contributed by atoms with Crippen molar-refractivity contribution in [2.75, 3.05) is 29.7 Å². The zero-order chi connectivity index (χ0) is 22.7. The predicted molar refractivity (Wildman–Crippen MR) is 118 cm³/mol. The van der Waals surface area contributed by atoms with Crippen LogP contribution in [0.15, 0.2) is 42.6 Å². The Morgan fingerprint density at radius 2 is 1.94 bits per heavy atom. The van der Waals surface area contributed by atoms with Gasteiger partial charge in [-0.25, -0.2) is 14.2 Å². The van der Waals surface area contributed by atoms with Crippen molar-refractivity contribution in [3.63, 3.8) is 0 Å². The monoisotopic (exact) mass is 457 g/mol. The van der Waals surface area contributed by atoms with Crippen LogP contribution in [0, 0.1) is 5.82 Å². The fraction of sp³-hybridized carbons (Fsp3) is 0.238. The van der Waals surface area contributed by atoms with Crippen molar-refractivity contribution in [2.45, 2.75) is 6.54 Å². The first-order chi connectivity index (χ1) is 15.4. The lowest BCUT2D eigenvalue weighted by Crippen LogP contribution is -2.34. The van der Waals surface area contributed by atoms with Gasteiger partial charge in [-0.3, -0.25) is 14.1 Å². The van der Waals surface area contributed by atoms with Crippen molar-refractivity contribution in [3.8, 4) is 5.75 Å². The van der Waals surface area contributed by atoms with Gasteiger partial charge in [0.2, 0.25) is 0 Å². The van der Waals surface area contributed by atoms with Gasteiger partial charge in [-0.15, -0.1) is 0 Å². The number of hydrogen-bond acceptors (Lipinski definition) is 7. The first-order valence-corrected chi connectivity index (χ1v) is 10.8. The number of halogens is 1. The van der Waals surface area contributed by atoms with Gasteiger partial charge in [0, 0.05) is 43.5 Å². The Hall–Kier alpha value is -3.60. The molecule has 1 saturated heterocycles. The number of anilines is 1. The molecule has 0 spiro atoms. The normalized spacial score (nSPS) is 14.3. The molecular formula is C21H20FN5O4S. The van der Waals surface area contributed by atoms with Gasteiger partial charge in [0.1, 0.15) is 17.2 Å². The van der Waals surface area contributed by atoms with Crippen LogP contribution in [-0.4, -0.2) is 62.5 Å². The van der Waals surface area contributed by atoms with Crippen LogP contribution < -0.4 is 9.62 Å². The van der Waals surface area contributed by atoms with Crippen LogP contribution in [0.3, 0.4) is 0 Å². The average molecular weight is 457 g/mol. The summed E-state index contributed by atoms with van der Waals surface area (Å²) >= 11 is 1.40. The Kier molecular flexibility index (Phi) is 6.26. The highest BCUT2D eigenvalue weighted by molar-refractivity contribution is 8.00. The number of aromatic hydroxyl groups is 1. The van der Waals surface area contributed by atoms with Crippen LogP contribution in [0.5, 0.6) is 5.75 Å². The number of amides is 2. The number of rotatable bonds is 4. The molecule has 0 radical (unpaired) electrons. The fourth-order valence-corrected chi connectivity index (χ4v) is 4.32. The van der Waals surface area contributed by atoms with Crippen molar-refractivity contribution in [3.05, 3.63) is 59.7 Å². The quantitative estimate of drug-likeness (QED) is 0.512. The van der Waals surface area contributed by atoms with Gasteiger partial charge in [-0.1, -0.05) is 12.1 Å². The van der Waals surface area contributed by atoms with E-state index in [1.807, 2.05) is 4.31 Å². The van der Waals surface area contributed by atoms with Gasteiger partial charge in [0.25, 0.3) is 5.91 Å². The van der Waals surface area contributed by atoms with Crippen molar-refractivity contribution in [1.29, 1.82) is 0 Å². The summed E-state index contributed by atoms with van der Waals surface area (Å²) in [7, 11) is 0. The highest BCUT2D eigenvalue weighted by Crippen LogP contribution is 2.35. The van der Waals surface area contributed by atoms with Crippen LogP contribution >= 0.6 is 11.9 Å². The van der Waals surface area contributed by atoms with Crippen molar-refractivity contribution >= 4 is 40.7 Å².